The molecule has 0 saturated heterocycles. The third-order valence-corrected chi connectivity index (χ3v) is 3.91. The molecule has 1 heterocycles. The molecule has 0 aliphatic heterocycles. The molecule has 2 N–H and O–H groups in total. The minimum atomic E-state index is -0.890. The number of hydrogen-bond acceptors (Lipinski definition) is 3. The zero-order chi connectivity index (χ0) is 15.5. The molecule has 6 heteroatoms. The third kappa shape index (κ3) is 3.16. The van der Waals surface area contributed by atoms with E-state index in [1.807, 2.05) is 41.2 Å². The molecule has 0 spiro atoms. The van der Waals surface area contributed by atoms with Crippen molar-refractivity contribution in [3.05, 3.63) is 53.9 Å². The molecule has 22 heavy (non-hydrogen) atoms. The van der Waals surface area contributed by atoms with E-state index in [1.54, 1.807) is 6.20 Å². The van der Waals surface area contributed by atoms with E-state index in [9.17, 15) is 9.59 Å². The van der Waals surface area contributed by atoms with Crippen molar-refractivity contribution in [2.45, 2.75) is 19.5 Å². The van der Waals surface area contributed by atoms with Crippen LogP contribution in [-0.4, -0.2) is 26.8 Å². The summed E-state index contributed by atoms with van der Waals surface area (Å²) in [6.45, 7) is 1.04. The zero-order valence-electron chi connectivity index (χ0n) is 12.0. The maximum Gasteiger partial charge on any atom is 0.307 e. The van der Waals surface area contributed by atoms with E-state index < -0.39 is 11.9 Å². The van der Waals surface area contributed by atoms with Crippen LogP contribution < -0.4 is 5.32 Å². The normalized spacial score (nSPS) is 19.6. The van der Waals surface area contributed by atoms with E-state index in [1.165, 1.54) is 0 Å². The van der Waals surface area contributed by atoms with Gasteiger partial charge in [0.1, 0.15) is 0 Å². The predicted molar refractivity (Wildman–Crippen MR) is 78.9 cm³/mol. The van der Waals surface area contributed by atoms with Crippen LogP contribution in [0.25, 0.3) is 0 Å². The molecule has 0 unspecified atom stereocenters. The molecule has 1 saturated carbocycles. The topological polar surface area (TPSA) is 84.2 Å². The second-order valence-electron chi connectivity index (χ2n) is 5.48. The van der Waals surface area contributed by atoms with Gasteiger partial charge in [-0.05, 0) is 23.6 Å². The number of aromatic nitrogens is 2. The summed E-state index contributed by atoms with van der Waals surface area (Å²) in [6, 6.07) is 9.70. The van der Waals surface area contributed by atoms with Gasteiger partial charge in [-0.1, -0.05) is 24.3 Å². The summed E-state index contributed by atoms with van der Waals surface area (Å²) in [5.41, 5.74) is 2.09. The van der Waals surface area contributed by atoms with Gasteiger partial charge < -0.3 is 10.4 Å². The maximum atomic E-state index is 11.9. The summed E-state index contributed by atoms with van der Waals surface area (Å²) in [7, 11) is 0. The van der Waals surface area contributed by atoms with Gasteiger partial charge in [0.25, 0.3) is 0 Å². The van der Waals surface area contributed by atoms with Crippen LogP contribution in [0.4, 0.5) is 0 Å². The first-order chi connectivity index (χ1) is 10.6. The molecule has 2 aromatic rings. The van der Waals surface area contributed by atoms with E-state index in [2.05, 4.69) is 10.4 Å². The number of rotatable bonds is 6. The van der Waals surface area contributed by atoms with Crippen LogP contribution in [0.15, 0.2) is 42.7 Å². The van der Waals surface area contributed by atoms with Gasteiger partial charge in [-0.25, -0.2) is 0 Å². The number of benzene rings is 1. The van der Waals surface area contributed by atoms with Crippen LogP contribution in [-0.2, 0) is 22.7 Å². The van der Waals surface area contributed by atoms with Crippen molar-refractivity contribution >= 4 is 11.9 Å². The second-order valence-corrected chi connectivity index (χ2v) is 5.48. The van der Waals surface area contributed by atoms with Crippen molar-refractivity contribution in [3.8, 4) is 0 Å². The molecule has 114 valence electrons. The molecule has 1 amide bonds. The van der Waals surface area contributed by atoms with E-state index >= 15 is 0 Å². The Morgan fingerprint density at radius 2 is 2.00 bits per heavy atom. The molecule has 2 atom stereocenters. The lowest BCUT2D eigenvalue weighted by Crippen LogP contribution is -2.26. The fourth-order valence-corrected chi connectivity index (χ4v) is 2.52. The van der Waals surface area contributed by atoms with Gasteiger partial charge in [-0.15, -0.1) is 0 Å². The number of nitrogens with one attached hydrogen (secondary N) is 1. The van der Waals surface area contributed by atoms with Gasteiger partial charge in [0.05, 0.1) is 18.4 Å². The number of nitrogens with zero attached hydrogens (tertiary/aromatic N) is 2. The number of hydrogen-bond donors (Lipinski definition) is 2. The first-order valence-corrected chi connectivity index (χ1v) is 7.20. The van der Waals surface area contributed by atoms with Crippen molar-refractivity contribution in [3.63, 3.8) is 0 Å². The van der Waals surface area contributed by atoms with Gasteiger partial charge in [-0.2, -0.15) is 5.10 Å². The van der Waals surface area contributed by atoms with E-state index in [4.69, 9.17) is 5.11 Å². The van der Waals surface area contributed by atoms with Crippen molar-refractivity contribution < 1.29 is 14.7 Å². The SMILES string of the molecule is O=C(O)[C@H]1C[C@H]1C(=O)NCc1ccccc1Cn1cccn1. The second kappa shape index (κ2) is 6.01. The standard InChI is InChI=1S/C16H17N3O3/c20-15(13-8-14(13)16(21)22)17-9-11-4-1-2-5-12(11)10-19-7-3-6-18-19/h1-7,13-14H,8-10H2,(H,17,20)(H,21,22)/t13-,14+/m1/s1. The molecule has 1 aromatic heterocycles. The van der Waals surface area contributed by atoms with Crippen molar-refractivity contribution in [2.75, 3.05) is 0 Å². The first-order valence-electron chi connectivity index (χ1n) is 7.20. The largest absolute Gasteiger partial charge is 0.481 e. The quantitative estimate of drug-likeness (QED) is 0.841. The molecule has 3 rings (SSSR count). The summed E-state index contributed by atoms with van der Waals surface area (Å²) in [4.78, 5) is 22.7. The van der Waals surface area contributed by atoms with E-state index in [0.29, 0.717) is 19.5 Å². The Balaban J connectivity index is 1.61. The lowest BCUT2D eigenvalue weighted by molar-refractivity contribution is -0.140. The Morgan fingerprint density at radius 3 is 2.64 bits per heavy atom. The summed E-state index contributed by atoms with van der Waals surface area (Å²) in [6.07, 6.45) is 4.05. The van der Waals surface area contributed by atoms with E-state index in [0.717, 1.165) is 11.1 Å². The van der Waals surface area contributed by atoms with Crippen LogP contribution in [0.3, 0.4) is 0 Å². The third-order valence-electron chi connectivity index (χ3n) is 3.91. The van der Waals surface area contributed by atoms with Gasteiger partial charge in [0.15, 0.2) is 0 Å². The first kappa shape index (κ1) is 14.3. The molecule has 0 radical (unpaired) electrons. The summed E-state index contributed by atoms with van der Waals surface area (Å²) >= 11 is 0. The summed E-state index contributed by atoms with van der Waals surface area (Å²) < 4.78 is 1.82. The van der Waals surface area contributed by atoms with Crippen molar-refractivity contribution in [2.24, 2.45) is 11.8 Å². The molecular formula is C16H17N3O3. The fraction of sp³-hybridized carbons (Fsp3) is 0.312. The molecule has 1 aromatic carbocycles. The van der Waals surface area contributed by atoms with Gasteiger partial charge >= 0.3 is 5.97 Å². The molecule has 1 aliphatic carbocycles. The Morgan fingerprint density at radius 1 is 1.23 bits per heavy atom. The molecule has 1 aliphatic rings. The Hall–Kier alpha value is -2.63. The molecule has 0 bridgehead atoms. The Kier molecular flexibility index (Phi) is 3.91. The lowest BCUT2D eigenvalue weighted by atomic mass is 10.1. The molecular weight excluding hydrogens is 282 g/mol. The van der Waals surface area contributed by atoms with Crippen LogP contribution >= 0.6 is 0 Å². The average Bonchev–Trinajstić information content (AvgIpc) is 3.17. The molecule has 6 nitrogen and oxygen atoms in total. The summed E-state index contributed by atoms with van der Waals surface area (Å²) in [5, 5.41) is 15.9. The minimum Gasteiger partial charge on any atom is -0.481 e. The maximum absolute atomic E-state index is 11.9. The average molecular weight is 299 g/mol. The van der Waals surface area contributed by atoms with Gasteiger partial charge in [0, 0.05) is 18.9 Å². The highest BCUT2D eigenvalue weighted by Gasteiger charge is 2.48. The highest BCUT2D eigenvalue weighted by Crippen LogP contribution is 2.38. The fourth-order valence-electron chi connectivity index (χ4n) is 2.52. The van der Waals surface area contributed by atoms with E-state index in [-0.39, 0.29) is 11.8 Å². The zero-order valence-corrected chi connectivity index (χ0v) is 12.0. The number of carboxylic acids is 1. The molecule has 1 fully saturated rings. The van der Waals surface area contributed by atoms with Crippen LogP contribution in [0.5, 0.6) is 0 Å². The lowest BCUT2D eigenvalue weighted by Gasteiger charge is -2.11. The predicted octanol–water partition coefficient (Wildman–Crippen LogP) is 1.27. The van der Waals surface area contributed by atoms with Crippen LogP contribution in [0.1, 0.15) is 17.5 Å². The van der Waals surface area contributed by atoms with Crippen molar-refractivity contribution in [1.82, 2.24) is 15.1 Å². The van der Waals surface area contributed by atoms with Crippen LogP contribution in [0, 0.1) is 11.8 Å². The smallest absolute Gasteiger partial charge is 0.307 e. The highest BCUT2D eigenvalue weighted by molar-refractivity contribution is 5.89. The Labute approximate surface area is 127 Å². The summed E-state index contributed by atoms with van der Waals surface area (Å²) in [5.74, 6) is -1.96. The Bertz CT molecular complexity index is 682. The number of carbonyl (C=O) groups is 2. The number of amides is 1. The minimum absolute atomic E-state index is 0.179. The number of aliphatic carboxylic acids is 1. The monoisotopic (exact) mass is 299 g/mol. The number of carboxylic acid groups (broad SMARTS) is 1. The van der Waals surface area contributed by atoms with Crippen LogP contribution in [0.2, 0.25) is 0 Å². The van der Waals surface area contributed by atoms with Crippen molar-refractivity contribution in [1.29, 1.82) is 0 Å². The van der Waals surface area contributed by atoms with Gasteiger partial charge in [0.2, 0.25) is 5.91 Å². The number of carbonyl (C=O) groups excluding carboxylic acids is 1. The highest BCUT2D eigenvalue weighted by atomic mass is 16.4. The van der Waals surface area contributed by atoms with Gasteiger partial charge in [-0.3, -0.25) is 14.3 Å².